The molecule has 1 aromatic carbocycles. The number of benzene rings is 1. The first-order valence-electron chi connectivity index (χ1n) is 6.44. The lowest BCUT2D eigenvalue weighted by Gasteiger charge is -2.03. The van der Waals surface area contributed by atoms with E-state index < -0.39 is 0 Å². The molecule has 2 heterocycles. The summed E-state index contributed by atoms with van der Waals surface area (Å²) in [7, 11) is 0. The molecule has 5 heteroatoms. The summed E-state index contributed by atoms with van der Waals surface area (Å²) in [4.78, 5) is 12.8. The van der Waals surface area contributed by atoms with Gasteiger partial charge in [0, 0.05) is 12.4 Å². The normalized spacial score (nSPS) is 10.9. The van der Waals surface area contributed by atoms with Gasteiger partial charge in [-0.15, -0.1) is 11.3 Å². The molecule has 0 spiro atoms. The van der Waals surface area contributed by atoms with Crippen molar-refractivity contribution in [3.05, 3.63) is 76.7 Å². The first kappa shape index (κ1) is 13.3. The van der Waals surface area contributed by atoms with Crippen LogP contribution in [0.15, 0.2) is 71.4 Å². The highest BCUT2D eigenvalue weighted by atomic mass is 32.1. The van der Waals surface area contributed by atoms with Gasteiger partial charge >= 0.3 is 0 Å². The van der Waals surface area contributed by atoms with Crippen molar-refractivity contribution in [2.45, 2.75) is 0 Å². The molecule has 21 heavy (non-hydrogen) atoms. The van der Waals surface area contributed by atoms with Gasteiger partial charge in [-0.1, -0.05) is 30.3 Å². The van der Waals surface area contributed by atoms with Crippen LogP contribution in [0.25, 0.3) is 5.69 Å². The molecule has 0 saturated heterocycles. The first-order valence-corrected chi connectivity index (χ1v) is 7.32. The number of carbonyl (C=O) groups is 1. The van der Waals surface area contributed by atoms with E-state index >= 15 is 0 Å². The van der Waals surface area contributed by atoms with Gasteiger partial charge in [0.25, 0.3) is 5.91 Å². The van der Waals surface area contributed by atoms with Crippen molar-refractivity contribution in [2.24, 2.45) is 5.10 Å². The number of nitrogens with zero attached hydrogens (tertiary/aromatic N) is 2. The van der Waals surface area contributed by atoms with Crippen molar-refractivity contribution in [3.63, 3.8) is 0 Å². The maximum Gasteiger partial charge on any atom is 0.283 e. The van der Waals surface area contributed by atoms with E-state index in [0.29, 0.717) is 4.88 Å². The standard InChI is InChI=1S/C16H13N3OS/c20-16(18-17-12-13-6-2-1-3-7-13)15-14(8-11-21-15)19-9-4-5-10-19/h1-12H,(H,18,20). The SMILES string of the molecule is O=C(NN=Cc1ccccc1)c1sccc1-n1cccc1. The van der Waals surface area contributed by atoms with Crippen LogP contribution >= 0.6 is 11.3 Å². The maximum atomic E-state index is 12.2. The zero-order chi connectivity index (χ0) is 14.5. The van der Waals surface area contributed by atoms with E-state index in [0.717, 1.165) is 11.3 Å². The Balaban J connectivity index is 1.72. The molecule has 3 rings (SSSR count). The molecule has 0 bridgehead atoms. The Kier molecular flexibility index (Phi) is 3.93. The maximum absolute atomic E-state index is 12.2. The lowest BCUT2D eigenvalue weighted by atomic mass is 10.2. The molecule has 2 aromatic heterocycles. The minimum atomic E-state index is -0.208. The summed E-state index contributed by atoms with van der Waals surface area (Å²) >= 11 is 1.40. The van der Waals surface area contributed by atoms with Gasteiger partial charge < -0.3 is 4.57 Å². The second-order valence-corrected chi connectivity index (χ2v) is 5.25. The molecule has 0 radical (unpaired) electrons. The van der Waals surface area contributed by atoms with Gasteiger partial charge in [-0.2, -0.15) is 5.10 Å². The van der Waals surface area contributed by atoms with Crippen LogP contribution in [0.2, 0.25) is 0 Å². The van der Waals surface area contributed by atoms with E-state index in [2.05, 4.69) is 10.5 Å². The zero-order valence-corrected chi connectivity index (χ0v) is 12.0. The average molecular weight is 295 g/mol. The molecular formula is C16H13N3OS. The van der Waals surface area contributed by atoms with E-state index in [4.69, 9.17) is 0 Å². The van der Waals surface area contributed by atoms with E-state index in [1.165, 1.54) is 11.3 Å². The molecule has 4 nitrogen and oxygen atoms in total. The Hall–Kier alpha value is -2.66. The van der Waals surface area contributed by atoms with Crippen molar-refractivity contribution in [2.75, 3.05) is 0 Å². The number of carbonyl (C=O) groups excluding carboxylic acids is 1. The van der Waals surface area contributed by atoms with Crippen molar-refractivity contribution in [1.29, 1.82) is 0 Å². The van der Waals surface area contributed by atoms with Crippen molar-refractivity contribution >= 4 is 23.5 Å². The van der Waals surface area contributed by atoms with Crippen LogP contribution in [0.4, 0.5) is 0 Å². The first-order chi connectivity index (χ1) is 10.3. The number of hydrogen-bond donors (Lipinski definition) is 1. The average Bonchev–Trinajstić information content (AvgIpc) is 3.19. The van der Waals surface area contributed by atoms with Crippen LogP contribution < -0.4 is 5.43 Å². The van der Waals surface area contributed by atoms with Crippen LogP contribution in [-0.4, -0.2) is 16.7 Å². The summed E-state index contributed by atoms with van der Waals surface area (Å²) < 4.78 is 1.91. The lowest BCUT2D eigenvalue weighted by Crippen LogP contribution is -2.17. The van der Waals surface area contributed by atoms with E-state index in [9.17, 15) is 4.79 Å². The molecule has 3 aromatic rings. The Morgan fingerprint density at radius 1 is 1.10 bits per heavy atom. The Bertz CT molecular complexity index is 745. The fourth-order valence-electron chi connectivity index (χ4n) is 1.93. The van der Waals surface area contributed by atoms with Crippen LogP contribution in [0.5, 0.6) is 0 Å². The number of hydrogen-bond acceptors (Lipinski definition) is 3. The smallest absolute Gasteiger partial charge is 0.283 e. The third-order valence-corrected chi connectivity index (χ3v) is 3.81. The number of rotatable bonds is 4. The van der Waals surface area contributed by atoms with Crippen LogP contribution in [0.3, 0.4) is 0 Å². The van der Waals surface area contributed by atoms with E-state index in [1.54, 1.807) is 6.21 Å². The van der Waals surface area contributed by atoms with E-state index in [-0.39, 0.29) is 5.91 Å². The zero-order valence-electron chi connectivity index (χ0n) is 11.1. The summed E-state index contributed by atoms with van der Waals surface area (Å²) in [6.45, 7) is 0. The van der Waals surface area contributed by atoms with Crippen molar-refractivity contribution in [3.8, 4) is 5.69 Å². The molecule has 1 amide bonds. The molecule has 0 saturated carbocycles. The number of aromatic nitrogens is 1. The summed E-state index contributed by atoms with van der Waals surface area (Å²) in [6, 6.07) is 15.4. The number of amides is 1. The second-order valence-electron chi connectivity index (χ2n) is 4.34. The lowest BCUT2D eigenvalue weighted by molar-refractivity contribution is 0.0959. The Morgan fingerprint density at radius 2 is 1.86 bits per heavy atom. The Morgan fingerprint density at radius 3 is 2.62 bits per heavy atom. The minimum absolute atomic E-state index is 0.208. The van der Waals surface area contributed by atoms with Crippen LogP contribution in [0, 0.1) is 0 Å². The molecule has 1 N–H and O–H groups in total. The van der Waals surface area contributed by atoms with Crippen LogP contribution in [-0.2, 0) is 0 Å². The largest absolute Gasteiger partial charge is 0.322 e. The number of nitrogens with one attached hydrogen (secondary N) is 1. The highest BCUT2D eigenvalue weighted by Crippen LogP contribution is 2.21. The highest BCUT2D eigenvalue weighted by Gasteiger charge is 2.13. The number of hydrazone groups is 1. The quantitative estimate of drug-likeness (QED) is 0.582. The molecule has 0 aliphatic carbocycles. The highest BCUT2D eigenvalue weighted by molar-refractivity contribution is 7.12. The van der Waals surface area contributed by atoms with Gasteiger partial charge in [0.15, 0.2) is 0 Å². The van der Waals surface area contributed by atoms with Gasteiger partial charge in [-0.25, -0.2) is 5.43 Å². The van der Waals surface area contributed by atoms with Gasteiger partial charge in [0.05, 0.1) is 11.9 Å². The summed E-state index contributed by atoms with van der Waals surface area (Å²) in [5.74, 6) is -0.208. The molecule has 0 unspecified atom stereocenters. The van der Waals surface area contributed by atoms with Crippen molar-refractivity contribution in [1.82, 2.24) is 9.99 Å². The number of thiophene rings is 1. The molecule has 0 aliphatic rings. The second kappa shape index (κ2) is 6.19. The third-order valence-electron chi connectivity index (χ3n) is 2.91. The van der Waals surface area contributed by atoms with Gasteiger partial charge in [0.1, 0.15) is 4.88 Å². The molecule has 104 valence electrons. The monoisotopic (exact) mass is 295 g/mol. The third kappa shape index (κ3) is 3.09. The molecule has 0 fully saturated rings. The molecular weight excluding hydrogens is 282 g/mol. The van der Waals surface area contributed by atoms with Gasteiger partial charge in [-0.3, -0.25) is 4.79 Å². The van der Waals surface area contributed by atoms with Gasteiger partial charge in [0.2, 0.25) is 0 Å². The predicted octanol–water partition coefficient (Wildman–Crippen LogP) is 3.30. The van der Waals surface area contributed by atoms with E-state index in [1.807, 2.05) is 70.9 Å². The summed E-state index contributed by atoms with van der Waals surface area (Å²) in [5, 5.41) is 5.89. The molecule has 0 atom stereocenters. The minimum Gasteiger partial charge on any atom is -0.322 e. The Labute approximate surface area is 126 Å². The summed E-state index contributed by atoms with van der Waals surface area (Å²) in [6.07, 6.45) is 5.44. The predicted molar refractivity (Wildman–Crippen MR) is 85.1 cm³/mol. The van der Waals surface area contributed by atoms with Crippen LogP contribution in [0.1, 0.15) is 15.2 Å². The van der Waals surface area contributed by atoms with Crippen molar-refractivity contribution < 1.29 is 4.79 Å². The fourth-order valence-corrected chi connectivity index (χ4v) is 2.71. The fraction of sp³-hybridized carbons (Fsp3) is 0. The summed E-state index contributed by atoms with van der Waals surface area (Å²) in [5.41, 5.74) is 4.36. The van der Waals surface area contributed by atoms with Gasteiger partial charge in [-0.05, 0) is 29.1 Å². The topological polar surface area (TPSA) is 46.4 Å². The molecule has 0 aliphatic heterocycles.